The van der Waals surface area contributed by atoms with E-state index in [1.165, 1.54) is 4.31 Å². The van der Waals surface area contributed by atoms with Gasteiger partial charge in [-0.25, -0.2) is 13.4 Å². The van der Waals surface area contributed by atoms with Crippen LogP contribution in [0.5, 0.6) is 0 Å². The maximum Gasteiger partial charge on any atom is 0.243 e. The second kappa shape index (κ2) is 9.02. The van der Waals surface area contributed by atoms with E-state index in [-0.39, 0.29) is 10.8 Å². The van der Waals surface area contributed by atoms with Gasteiger partial charge in [-0.2, -0.15) is 4.31 Å². The number of anilines is 2. The zero-order valence-corrected chi connectivity index (χ0v) is 20.0. The number of aryl methyl sites for hydroxylation is 1. The number of ether oxygens (including phenoxy) is 1. The molecule has 1 N–H and O–H groups in total. The van der Waals surface area contributed by atoms with E-state index in [0.717, 1.165) is 34.0 Å². The topological polar surface area (TPSA) is 91.8 Å². The van der Waals surface area contributed by atoms with Gasteiger partial charge in [-0.15, -0.1) is 0 Å². The summed E-state index contributed by atoms with van der Waals surface area (Å²) < 4.78 is 34.1. The number of morpholine rings is 1. The molecule has 2 fully saturated rings. The summed E-state index contributed by atoms with van der Waals surface area (Å²) in [5.74, 6) is -0.305. The molecule has 10 heteroatoms. The molecule has 0 aliphatic carbocycles. The Bertz CT molecular complexity index is 1270. The summed E-state index contributed by atoms with van der Waals surface area (Å²) >= 11 is 1.58. The van der Waals surface area contributed by atoms with Crippen molar-refractivity contribution in [2.75, 3.05) is 43.1 Å². The van der Waals surface area contributed by atoms with E-state index in [0.29, 0.717) is 38.3 Å². The van der Waals surface area contributed by atoms with Gasteiger partial charge in [-0.05, 0) is 50.1 Å². The lowest BCUT2D eigenvalue weighted by molar-refractivity contribution is -0.119. The fourth-order valence-electron chi connectivity index (χ4n) is 4.24. The monoisotopic (exact) mass is 486 g/mol. The van der Waals surface area contributed by atoms with E-state index >= 15 is 0 Å². The number of sulfonamides is 1. The molecule has 3 aromatic rings. The molecular weight excluding hydrogens is 460 g/mol. The summed E-state index contributed by atoms with van der Waals surface area (Å²) in [5, 5.41) is 3.87. The number of thiazole rings is 1. The van der Waals surface area contributed by atoms with Gasteiger partial charge in [0.15, 0.2) is 5.13 Å². The Morgan fingerprint density at radius 2 is 1.88 bits per heavy atom. The summed E-state index contributed by atoms with van der Waals surface area (Å²) in [4.78, 5) is 20.2. The van der Waals surface area contributed by atoms with Gasteiger partial charge < -0.3 is 15.0 Å². The number of hydrogen-bond acceptors (Lipinski definition) is 7. The molecule has 0 unspecified atom stereocenters. The molecule has 1 aromatic heterocycles. The Morgan fingerprint density at radius 1 is 1.12 bits per heavy atom. The van der Waals surface area contributed by atoms with Gasteiger partial charge in [-0.3, -0.25) is 4.79 Å². The van der Waals surface area contributed by atoms with Gasteiger partial charge in [-0.1, -0.05) is 29.0 Å². The minimum Gasteiger partial charge on any atom is -0.378 e. The first-order valence-corrected chi connectivity index (χ1v) is 13.3. The zero-order valence-electron chi connectivity index (χ0n) is 18.4. The van der Waals surface area contributed by atoms with Crippen LogP contribution in [0.4, 0.5) is 10.8 Å². The molecule has 0 radical (unpaired) electrons. The molecule has 2 saturated heterocycles. The van der Waals surface area contributed by atoms with Crippen LogP contribution in [0.15, 0.2) is 47.4 Å². The van der Waals surface area contributed by atoms with Crippen molar-refractivity contribution in [3.05, 3.63) is 48.0 Å². The first-order valence-electron chi connectivity index (χ1n) is 11.0. The Balaban J connectivity index is 1.33. The number of carbonyl (C=O) groups is 1. The SMILES string of the molecule is Cc1ccc(S(=O)(=O)N2CCC[C@H]2C(=O)Nc2ccc3nc(N4CCOCC4)sc3c2)cc1. The molecule has 0 saturated carbocycles. The highest BCUT2D eigenvalue weighted by molar-refractivity contribution is 7.89. The number of nitrogens with zero attached hydrogens (tertiary/aromatic N) is 3. The Hall–Kier alpha value is -2.53. The number of carbonyl (C=O) groups excluding carboxylic acids is 1. The Labute approximate surface area is 197 Å². The molecule has 0 bridgehead atoms. The van der Waals surface area contributed by atoms with Gasteiger partial charge in [0.05, 0.1) is 28.3 Å². The van der Waals surface area contributed by atoms with Crippen molar-refractivity contribution in [2.45, 2.75) is 30.7 Å². The minimum atomic E-state index is -3.74. The van der Waals surface area contributed by atoms with E-state index < -0.39 is 16.1 Å². The van der Waals surface area contributed by atoms with E-state index in [4.69, 9.17) is 9.72 Å². The van der Waals surface area contributed by atoms with Crippen molar-refractivity contribution in [3.63, 3.8) is 0 Å². The number of rotatable bonds is 5. The molecule has 2 aliphatic rings. The first kappa shape index (κ1) is 22.3. The number of benzene rings is 2. The van der Waals surface area contributed by atoms with Crippen molar-refractivity contribution in [1.29, 1.82) is 0 Å². The molecule has 2 aliphatic heterocycles. The standard InChI is InChI=1S/C23H26N4O4S2/c1-16-4-7-18(8-5-16)33(29,30)27-10-2-3-20(27)22(28)24-17-6-9-19-21(15-17)32-23(25-19)26-11-13-31-14-12-26/h4-9,15,20H,2-3,10-14H2,1H3,(H,24,28)/t20-/m0/s1. The summed E-state index contributed by atoms with van der Waals surface area (Å²) in [7, 11) is -3.74. The largest absolute Gasteiger partial charge is 0.378 e. The van der Waals surface area contributed by atoms with Crippen LogP contribution >= 0.6 is 11.3 Å². The Morgan fingerprint density at radius 3 is 2.64 bits per heavy atom. The van der Waals surface area contributed by atoms with E-state index in [9.17, 15) is 13.2 Å². The van der Waals surface area contributed by atoms with Gasteiger partial charge in [0.1, 0.15) is 6.04 Å². The van der Waals surface area contributed by atoms with Crippen molar-refractivity contribution in [3.8, 4) is 0 Å². The predicted octanol–water partition coefficient (Wildman–Crippen LogP) is 3.23. The van der Waals surface area contributed by atoms with Crippen LogP contribution in [0.25, 0.3) is 10.2 Å². The van der Waals surface area contributed by atoms with Crippen molar-refractivity contribution < 1.29 is 17.9 Å². The van der Waals surface area contributed by atoms with Crippen LogP contribution in [0, 0.1) is 6.92 Å². The van der Waals surface area contributed by atoms with Crippen molar-refractivity contribution in [2.24, 2.45) is 0 Å². The number of amides is 1. The third-order valence-corrected chi connectivity index (χ3v) is 9.06. The number of nitrogens with one attached hydrogen (secondary N) is 1. The lowest BCUT2D eigenvalue weighted by Gasteiger charge is -2.25. The van der Waals surface area contributed by atoms with E-state index in [2.05, 4.69) is 10.2 Å². The number of hydrogen-bond donors (Lipinski definition) is 1. The molecule has 1 atom stereocenters. The number of aromatic nitrogens is 1. The summed E-state index contributed by atoms with van der Waals surface area (Å²) in [5.41, 5.74) is 2.51. The summed E-state index contributed by atoms with van der Waals surface area (Å²) in [6.07, 6.45) is 1.15. The average molecular weight is 487 g/mol. The fourth-order valence-corrected chi connectivity index (χ4v) is 6.95. The van der Waals surface area contributed by atoms with Crippen LogP contribution in [0.3, 0.4) is 0 Å². The summed E-state index contributed by atoms with van der Waals surface area (Å²) in [6, 6.07) is 11.6. The predicted molar refractivity (Wildman–Crippen MR) is 129 cm³/mol. The Kier molecular flexibility index (Phi) is 6.09. The van der Waals surface area contributed by atoms with Crippen LogP contribution in [0.1, 0.15) is 18.4 Å². The summed E-state index contributed by atoms with van der Waals surface area (Å²) in [6.45, 7) is 5.27. The highest BCUT2D eigenvalue weighted by Gasteiger charge is 2.39. The molecule has 33 heavy (non-hydrogen) atoms. The normalized spacial score (nSPS) is 19.8. The molecule has 5 rings (SSSR count). The van der Waals surface area contributed by atoms with Crippen LogP contribution in [0.2, 0.25) is 0 Å². The van der Waals surface area contributed by atoms with Gasteiger partial charge in [0.25, 0.3) is 0 Å². The second-order valence-electron chi connectivity index (χ2n) is 8.35. The molecule has 8 nitrogen and oxygen atoms in total. The molecule has 174 valence electrons. The van der Waals surface area contributed by atoms with Crippen LogP contribution in [-0.2, 0) is 19.6 Å². The third kappa shape index (κ3) is 4.48. The zero-order chi connectivity index (χ0) is 23.0. The quantitative estimate of drug-likeness (QED) is 0.595. The molecule has 2 aromatic carbocycles. The molecule has 0 spiro atoms. The highest BCUT2D eigenvalue weighted by Crippen LogP contribution is 2.32. The van der Waals surface area contributed by atoms with Crippen molar-refractivity contribution in [1.82, 2.24) is 9.29 Å². The van der Waals surface area contributed by atoms with E-state index in [1.54, 1.807) is 35.6 Å². The van der Waals surface area contributed by atoms with Crippen molar-refractivity contribution >= 4 is 48.3 Å². The molecule has 1 amide bonds. The van der Waals surface area contributed by atoms with Gasteiger partial charge in [0, 0.05) is 25.3 Å². The lowest BCUT2D eigenvalue weighted by Crippen LogP contribution is -2.43. The second-order valence-corrected chi connectivity index (χ2v) is 11.3. The molecule has 3 heterocycles. The van der Waals surface area contributed by atoms with Gasteiger partial charge in [0.2, 0.25) is 15.9 Å². The average Bonchev–Trinajstić information content (AvgIpc) is 3.48. The fraction of sp³-hybridized carbons (Fsp3) is 0.391. The third-order valence-electron chi connectivity index (χ3n) is 6.06. The van der Waals surface area contributed by atoms with E-state index in [1.807, 2.05) is 25.1 Å². The van der Waals surface area contributed by atoms with Crippen LogP contribution < -0.4 is 10.2 Å². The molecular formula is C23H26N4O4S2. The highest BCUT2D eigenvalue weighted by atomic mass is 32.2. The maximum atomic E-state index is 13.2. The van der Waals surface area contributed by atoms with Crippen LogP contribution in [-0.4, -0.2) is 62.5 Å². The van der Waals surface area contributed by atoms with Gasteiger partial charge >= 0.3 is 0 Å². The lowest BCUT2D eigenvalue weighted by atomic mass is 10.2. The maximum absolute atomic E-state index is 13.2. The minimum absolute atomic E-state index is 0.217. The number of fused-ring (bicyclic) bond motifs is 1. The first-order chi connectivity index (χ1) is 15.9. The smallest absolute Gasteiger partial charge is 0.243 e.